The summed E-state index contributed by atoms with van der Waals surface area (Å²) in [6.07, 6.45) is 7.34. The van der Waals surface area contributed by atoms with Gasteiger partial charge in [0.2, 0.25) is 5.91 Å². The number of benzene rings is 1. The number of aliphatic hydroxyl groups is 2. The maximum Gasteiger partial charge on any atom is 0.234 e. The number of ketones is 2. The number of rotatable bonds is 6. The molecule has 3 N–H and O–H groups in total. The molecule has 0 radical (unpaired) electrons. The van der Waals surface area contributed by atoms with Gasteiger partial charge in [-0.25, -0.2) is 0 Å². The third-order valence-corrected chi connectivity index (χ3v) is 11.0. The molecule has 1 aromatic carbocycles. The highest BCUT2D eigenvalue weighted by atomic mass is 32.2. The standard InChI is InChI=1S/C30H37NO5S/c1-18-13-23-22-10-9-19-14-21(32)11-12-28(19,2)27(22)24(33)15-29(23,3)30(18,36)25(34)16-37-17-26(35)31-20-7-5-4-6-8-20/h4-8,11-12,14,18,22-24,27,33,36H,9-10,13,15-17H2,1-3H3,(H,31,35)/t18-,22?,23?,24?,27?,28?,29?,30+/m1/s1. The lowest BCUT2D eigenvalue weighted by molar-refractivity contribution is -0.179. The minimum atomic E-state index is -1.55. The lowest BCUT2D eigenvalue weighted by Gasteiger charge is -2.59. The third kappa shape index (κ3) is 4.14. The molecule has 5 rings (SSSR count). The first kappa shape index (κ1) is 26.4. The first-order valence-corrected chi connectivity index (χ1v) is 14.5. The van der Waals surface area contributed by atoms with Gasteiger partial charge in [-0.05, 0) is 67.7 Å². The Labute approximate surface area is 223 Å². The Balaban J connectivity index is 1.31. The normalized spacial score (nSPS) is 40.3. The second-order valence-electron chi connectivity index (χ2n) is 11.9. The number of nitrogens with one attached hydrogen (secondary N) is 1. The summed E-state index contributed by atoms with van der Waals surface area (Å²) in [5.74, 6) is -0.299. The molecular weight excluding hydrogens is 486 g/mol. The molecule has 37 heavy (non-hydrogen) atoms. The number of carbonyl (C=O) groups excluding carboxylic acids is 3. The molecule has 3 saturated carbocycles. The molecule has 6 nitrogen and oxygen atoms in total. The fourth-order valence-corrected chi connectivity index (χ4v) is 9.08. The van der Waals surface area contributed by atoms with Crippen LogP contribution < -0.4 is 5.32 Å². The number of hydrogen-bond acceptors (Lipinski definition) is 6. The number of Topliss-reactive ketones (excluding diaryl/α,β-unsaturated/α-hetero) is 1. The van der Waals surface area contributed by atoms with E-state index in [1.807, 2.05) is 50.3 Å². The summed E-state index contributed by atoms with van der Waals surface area (Å²) in [6, 6.07) is 9.19. The van der Waals surface area contributed by atoms with Crippen molar-refractivity contribution in [2.24, 2.45) is 34.5 Å². The minimum Gasteiger partial charge on any atom is -0.393 e. The number of amides is 1. The summed E-state index contributed by atoms with van der Waals surface area (Å²) in [4.78, 5) is 38.0. The molecule has 0 aromatic heterocycles. The van der Waals surface area contributed by atoms with Gasteiger partial charge in [0.1, 0.15) is 5.60 Å². The molecule has 8 atom stereocenters. The first-order valence-electron chi connectivity index (χ1n) is 13.3. The molecule has 1 amide bonds. The smallest absolute Gasteiger partial charge is 0.234 e. The van der Waals surface area contributed by atoms with E-state index in [0.717, 1.165) is 24.8 Å². The van der Waals surface area contributed by atoms with Crippen LogP contribution in [0.25, 0.3) is 0 Å². The molecule has 0 bridgehead atoms. The Kier molecular flexibility index (Phi) is 6.78. The van der Waals surface area contributed by atoms with Crippen molar-refractivity contribution in [2.45, 2.75) is 58.2 Å². The molecule has 0 aliphatic heterocycles. The van der Waals surface area contributed by atoms with Gasteiger partial charge in [-0.3, -0.25) is 14.4 Å². The highest BCUT2D eigenvalue weighted by molar-refractivity contribution is 8.00. The monoisotopic (exact) mass is 523 g/mol. The molecule has 4 aliphatic rings. The molecule has 7 heteroatoms. The van der Waals surface area contributed by atoms with E-state index in [9.17, 15) is 24.6 Å². The van der Waals surface area contributed by atoms with E-state index in [1.54, 1.807) is 12.2 Å². The van der Waals surface area contributed by atoms with Gasteiger partial charge in [0.15, 0.2) is 11.6 Å². The summed E-state index contributed by atoms with van der Waals surface area (Å²) in [6.45, 7) is 6.06. The van der Waals surface area contributed by atoms with Crippen LogP contribution in [-0.2, 0) is 14.4 Å². The second kappa shape index (κ2) is 9.51. The average Bonchev–Trinajstić information content (AvgIpc) is 3.06. The van der Waals surface area contributed by atoms with Gasteiger partial charge in [0, 0.05) is 22.4 Å². The van der Waals surface area contributed by atoms with Gasteiger partial charge in [0.25, 0.3) is 0 Å². The zero-order valence-corrected chi connectivity index (χ0v) is 22.6. The van der Waals surface area contributed by atoms with Gasteiger partial charge in [-0.2, -0.15) is 0 Å². The number of aliphatic hydroxyl groups excluding tert-OH is 1. The number of allylic oxidation sites excluding steroid dienone is 4. The van der Waals surface area contributed by atoms with E-state index in [1.165, 1.54) is 11.8 Å². The molecule has 1 aromatic rings. The van der Waals surface area contributed by atoms with Crippen LogP contribution in [0.3, 0.4) is 0 Å². The van der Waals surface area contributed by atoms with E-state index in [4.69, 9.17) is 0 Å². The molecule has 0 heterocycles. The zero-order chi connectivity index (χ0) is 26.6. The van der Waals surface area contributed by atoms with Crippen molar-refractivity contribution in [1.82, 2.24) is 0 Å². The quantitative estimate of drug-likeness (QED) is 0.517. The lowest BCUT2D eigenvalue weighted by Crippen LogP contribution is -2.62. The van der Waals surface area contributed by atoms with Gasteiger partial charge >= 0.3 is 0 Å². The highest BCUT2D eigenvalue weighted by Crippen LogP contribution is 2.68. The van der Waals surface area contributed by atoms with Crippen molar-refractivity contribution in [3.8, 4) is 0 Å². The van der Waals surface area contributed by atoms with Crippen LogP contribution in [0.4, 0.5) is 5.69 Å². The number of anilines is 1. The fourth-order valence-electron chi connectivity index (χ4n) is 8.32. The summed E-state index contributed by atoms with van der Waals surface area (Å²) < 4.78 is 0. The largest absolute Gasteiger partial charge is 0.393 e. The molecule has 0 spiro atoms. The van der Waals surface area contributed by atoms with Crippen LogP contribution in [0.5, 0.6) is 0 Å². The van der Waals surface area contributed by atoms with Crippen molar-refractivity contribution < 1.29 is 24.6 Å². The van der Waals surface area contributed by atoms with E-state index < -0.39 is 17.1 Å². The highest BCUT2D eigenvalue weighted by Gasteiger charge is 2.70. The Morgan fingerprint density at radius 3 is 2.62 bits per heavy atom. The van der Waals surface area contributed by atoms with E-state index in [0.29, 0.717) is 12.1 Å². The van der Waals surface area contributed by atoms with Crippen LogP contribution in [0.1, 0.15) is 46.5 Å². The van der Waals surface area contributed by atoms with Crippen LogP contribution in [0.2, 0.25) is 0 Å². The summed E-state index contributed by atoms with van der Waals surface area (Å²) in [5.41, 5.74) is -0.885. The van der Waals surface area contributed by atoms with E-state index in [2.05, 4.69) is 12.2 Å². The number of thioether (sulfide) groups is 1. The fraction of sp³-hybridized carbons (Fsp3) is 0.567. The number of fused-ring (bicyclic) bond motifs is 5. The van der Waals surface area contributed by atoms with E-state index in [-0.39, 0.29) is 58.1 Å². The van der Waals surface area contributed by atoms with Crippen molar-refractivity contribution >= 4 is 34.9 Å². The molecule has 3 fully saturated rings. The topological polar surface area (TPSA) is 104 Å². The lowest BCUT2D eigenvalue weighted by atomic mass is 9.46. The summed E-state index contributed by atoms with van der Waals surface area (Å²) in [5, 5.41) is 26.5. The van der Waals surface area contributed by atoms with Gasteiger partial charge in [-0.15, -0.1) is 11.8 Å². The summed E-state index contributed by atoms with van der Waals surface area (Å²) in [7, 11) is 0. The predicted molar refractivity (Wildman–Crippen MR) is 145 cm³/mol. The maximum absolute atomic E-state index is 13.6. The molecular formula is C30H37NO5S. The molecule has 4 aliphatic carbocycles. The number of para-hydroxylation sites is 1. The predicted octanol–water partition coefficient (Wildman–Crippen LogP) is 4.18. The second-order valence-corrected chi connectivity index (χ2v) is 12.9. The van der Waals surface area contributed by atoms with Crippen LogP contribution in [0.15, 0.2) is 54.1 Å². The Morgan fingerprint density at radius 2 is 1.89 bits per heavy atom. The van der Waals surface area contributed by atoms with Gasteiger partial charge in [-0.1, -0.05) is 50.6 Å². The van der Waals surface area contributed by atoms with Gasteiger partial charge < -0.3 is 15.5 Å². The Morgan fingerprint density at radius 1 is 1.16 bits per heavy atom. The SMILES string of the molecule is C[C@@H]1CC2C3CCC4=CC(=O)C=CC4(C)C3C(O)CC2(C)[C@@]1(O)C(=O)CSCC(=O)Nc1ccccc1. The van der Waals surface area contributed by atoms with E-state index >= 15 is 0 Å². The van der Waals surface area contributed by atoms with Crippen LogP contribution in [0, 0.1) is 34.5 Å². The number of hydrogen-bond donors (Lipinski definition) is 3. The van der Waals surface area contributed by atoms with Gasteiger partial charge in [0.05, 0.1) is 17.6 Å². The van der Waals surface area contributed by atoms with Crippen LogP contribution in [-0.4, -0.2) is 50.9 Å². The van der Waals surface area contributed by atoms with Crippen LogP contribution >= 0.6 is 11.8 Å². The zero-order valence-electron chi connectivity index (χ0n) is 21.8. The summed E-state index contributed by atoms with van der Waals surface area (Å²) >= 11 is 1.22. The Bertz CT molecular complexity index is 1160. The molecule has 0 saturated heterocycles. The third-order valence-electron chi connectivity index (χ3n) is 10.0. The minimum absolute atomic E-state index is 0.00507. The Hall–Kier alpha value is -2.22. The van der Waals surface area contributed by atoms with Crippen molar-refractivity contribution in [1.29, 1.82) is 0 Å². The molecule has 6 unspecified atom stereocenters. The average molecular weight is 524 g/mol. The van der Waals surface area contributed by atoms with Crippen molar-refractivity contribution in [3.05, 3.63) is 54.1 Å². The number of carbonyl (C=O) groups is 3. The first-order chi connectivity index (χ1) is 17.5. The molecule has 198 valence electrons. The van der Waals surface area contributed by atoms with Crippen molar-refractivity contribution in [2.75, 3.05) is 16.8 Å². The van der Waals surface area contributed by atoms with Crippen molar-refractivity contribution in [3.63, 3.8) is 0 Å². The maximum atomic E-state index is 13.6.